The van der Waals surface area contributed by atoms with Crippen molar-refractivity contribution in [1.82, 2.24) is 10.0 Å². The summed E-state index contributed by atoms with van der Waals surface area (Å²) in [4.78, 5) is 0. The molecule has 0 aromatic carbocycles. The van der Waals surface area contributed by atoms with Crippen molar-refractivity contribution in [3.63, 3.8) is 0 Å². The van der Waals surface area contributed by atoms with Crippen molar-refractivity contribution in [1.29, 1.82) is 0 Å². The van der Waals surface area contributed by atoms with Gasteiger partial charge in [-0.05, 0) is 25.1 Å². The molecule has 0 saturated carbocycles. The standard InChI is InChI=1S/C9H16N2O3S.ClH/c1-15(12,13)11-6-3-5-10-8-9-4-2-7-14-9;/h2,4,7,10-11H,3,5-6,8H2,1H3;1H. The molecule has 0 fully saturated rings. The van der Waals surface area contributed by atoms with Crippen molar-refractivity contribution in [2.75, 3.05) is 19.3 Å². The predicted molar refractivity (Wildman–Crippen MR) is 65.1 cm³/mol. The fourth-order valence-corrected chi connectivity index (χ4v) is 1.61. The Morgan fingerprint density at radius 2 is 2.12 bits per heavy atom. The number of nitrogens with one attached hydrogen (secondary N) is 2. The average Bonchev–Trinajstić information content (AvgIpc) is 2.61. The Hall–Kier alpha value is -0.560. The highest BCUT2D eigenvalue weighted by Crippen LogP contribution is 1.97. The highest BCUT2D eigenvalue weighted by atomic mass is 35.5. The minimum Gasteiger partial charge on any atom is -0.468 e. The maximum atomic E-state index is 10.7. The van der Waals surface area contributed by atoms with Crippen LogP contribution < -0.4 is 10.0 Å². The maximum Gasteiger partial charge on any atom is 0.208 e. The van der Waals surface area contributed by atoms with Gasteiger partial charge in [0, 0.05) is 6.54 Å². The van der Waals surface area contributed by atoms with E-state index in [1.165, 1.54) is 0 Å². The van der Waals surface area contributed by atoms with Gasteiger partial charge in [0.2, 0.25) is 10.0 Å². The third kappa shape index (κ3) is 7.70. The molecule has 7 heteroatoms. The third-order valence-corrected chi connectivity index (χ3v) is 2.50. The minimum absolute atomic E-state index is 0. The van der Waals surface area contributed by atoms with Crippen LogP contribution in [0.1, 0.15) is 12.2 Å². The summed E-state index contributed by atoms with van der Waals surface area (Å²) in [6.45, 7) is 1.89. The first-order valence-electron chi connectivity index (χ1n) is 4.76. The maximum absolute atomic E-state index is 10.7. The Kier molecular flexibility index (Phi) is 7.40. The second-order valence-electron chi connectivity index (χ2n) is 3.28. The lowest BCUT2D eigenvalue weighted by molar-refractivity contribution is 0.480. The van der Waals surface area contributed by atoms with Crippen LogP contribution in [0.3, 0.4) is 0 Å². The third-order valence-electron chi connectivity index (χ3n) is 1.77. The van der Waals surface area contributed by atoms with Crippen LogP contribution in [0.25, 0.3) is 0 Å². The average molecular weight is 269 g/mol. The van der Waals surface area contributed by atoms with Crippen LogP contribution >= 0.6 is 12.4 Å². The lowest BCUT2D eigenvalue weighted by Crippen LogP contribution is -2.26. The lowest BCUT2D eigenvalue weighted by Gasteiger charge is -2.03. The zero-order valence-electron chi connectivity index (χ0n) is 9.10. The van der Waals surface area contributed by atoms with Gasteiger partial charge in [-0.15, -0.1) is 12.4 Å². The molecule has 16 heavy (non-hydrogen) atoms. The van der Waals surface area contributed by atoms with E-state index in [1.807, 2.05) is 12.1 Å². The number of hydrogen-bond donors (Lipinski definition) is 2. The van der Waals surface area contributed by atoms with Crippen LogP contribution in [0.2, 0.25) is 0 Å². The molecule has 0 radical (unpaired) electrons. The van der Waals surface area contributed by atoms with Gasteiger partial charge in [0.15, 0.2) is 0 Å². The summed E-state index contributed by atoms with van der Waals surface area (Å²) in [7, 11) is -3.05. The van der Waals surface area contributed by atoms with Crippen molar-refractivity contribution in [2.24, 2.45) is 0 Å². The molecule has 0 unspecified atom stereocenters. The Labute approximate surface area is 102 Å². The molecule has 0 amide bonds. The fraction of sp³-hybridized carbons (Fsp3) is 0.556. The van der Waals surface area contributed by atoms with Crippen LogP contribution in [0, 0.1) is 0 Å². The summed E-state index contributed by atoms with van der Waals surface area (Å²) >= 11 is 0. The zero-order chi connectivity index (χ0) is 11.1. The predicted octanol–water partition coefficient (Wildman–Crippen LogP) is 0.730. The summed E-state index contributed by atoms with van der Waals surface area (Å²) < 4.78 is 29.0. The molecule has 0 bridgehead atoms. The minimum atomic E-state index is -3.05. The lowest BCUT2D eigenvalue weighted by atomic mass is 10.4. The molecular weight excluding hydrogens is 252 g/mol. The van der Waals surface area contributed by atoms with Crippen LogP contribution in [0.4, 0.5) is 0 Å². The smallest absolute Gasteiger partial charge is 0.208 e. The summed E-state index contributed by atoms with van der Waals surface area (Å²) in [5, 5.41) is 3.15. The SMILES string of the molecule is CS(=O)(=O)NCCCNCc1ccco1.Cl. The van der Waals surface area contributed by atoms with Crippen LogP contribution in [-0.4, -0.2) is 27.8 Å². The van der Waals surface area contributed by atoms with E-state index < -0.39 is 10.0 Å². The van der Waals surface area contributed by atoms with E-state index in [1.54, 1.807) is 6.26 Å². The van der Waals surface area contributed by atoms with E-state index in [2.05, 4.69) is 10.0 Å². The van der Waals surface area contributed by atoms with Crippen molar-refractivity contribution < 1.29 is 12.8 Å². The molecule has 1 aromatic heterocycles. The summed E-state index contributed by atoms with van der Waals surface area (Å²) in [6.07, 6.45) is 3.54. The molecule has 0 spiro atoms. The van der Waals surface area contributed by atoms with Gasteiger partial charge >= 0.3 is 0 Å². The van der Waals surface area contributed by atoms with Gasteiger partial charge < -0.3 is 9.73 Å². The zero-order valence-corrected chi connectivity index (χ0v) is 10.7. The Morgan fingerprint density at radius 3 is 2.69 bits per heavy atom. The molecule has 0 saturated heterocycles. The quantitative estimate of drug-likeness (QED) is 0.715. The van der Waals surface area contributed by atoms with Crippen molar-refractivity contribution >= 4 is 22.4 Å². The molecule has 0 aliphatic heterocycles. The van der Waals surface area contributed by atoms with Crippen molar-refractivity contribution in [3.8, 4) is 0 Å². The highest BCUT2D eigenvalue weighted by Gasteiger charge is 1.98. The molecular formula is C9H17ClN2O3S. The summed E-state index contributed by atoms with van der Waals surface area (Å²) in [6, 6.07) is 3.73. The molecule has 0 aliphatic rings. The molecule has 2 N–H and O–H groups in total. The highest BCUT2D eigenvalue weighted by molar-refractivity contribution is 7.88. The first-order chi connectivity index (χ1) is 7.08. The largest absolute Gasteiger partial charge is 0.468 e. The molecule has 1 aromatic rings. The first-order valence-corrected chi connectivity index (χ1v) is 6.65. The van der Waals surface area contributed by atoms with Crippen LogP contribution in [-0.2, 0) is 16.6 Å². The summed E-state index contributed by atoms with van der Waals surface area (Å²) in [5.74, 6) is 0.881. The monoisotopic (exact) mass is 268 g/mol. The van der Waals surface area contributed by atoms with E-state index in [0.29, 0.717) is 13.1 Å². The van der Waals surface area contributed by atoms with Crippen LogP contribution in [0.15, 0.2) is 22.8 Å². The molecule has 0 atom stereocenters. The van der Waals surface area contributed by atoms with E-state index >= 15 is 0 Å². The number of sulfonamides is 1. The number of hydrogen-bond acceptors (Lipinski definition) is 4. The molecule has 1 rings (SSSR count). The first kappa shape index (κ1) is 15.4. The van der Waals surface area contributed by atoms with Gasteiger partial charge in [0.25, 0.3) is 0 Å². The topological polar surface area (TPSA) is 71.3 Å². The van der Waals surface area contributed by atoms with Crippen molar-refractivity contribution in [2.45, 2.75) is 13.0 Å². The van der Waals surface area contributed by atoms with Gasteiger partial charge in [0.05, 0.1) is 19.1 Å². The van der Waals surface area contributed by atoms with Gasteiger partial charge in [-0.3, -0.25) is 0 Å². The van der Waals surface area contributed by atoms with Crippen molar-refractivity contribution in [3.05, 3.63) is 24.2 Å². The van der Waals surface area contributed by atoms with Crippen LogP contribution in [0.5, 0.6) is 0 Å². The van der Waals surface area contributed by atoms with Gasteiger partial charge in [-0.25, -0.2) is 13.1 Å². The molecule has 5 nitrogen and oxygen atoms in total. The Bertz CT molecular complexity index is 364. The molecule has 1 heterocycles. The number of furan rings is 1. The summed E-state index contributed by atoms with van der Waals surface area (Å²) in [5.41, 5.74) is 0. The number of rotatable bonds is 7. The van der Waals surface area contributed by atoms with E-state index in [-0.39, 0.29) is 12.4 Å². The molecule has 0 aliphatic carbocycles. The normalized spacial score (nSPS) is 11.1. The number of halogens is 1. The van der Waals surface area contributed by atoms with E-state index in [0.717, 1.165) is 25.0 Å². The Morgan fingerprint density at radius 1 is 1.38 bits per heavy atom. The molecule has 94 valence electrons. The van der Waals surface area contributed by atoms with E-state index in [4.69, 9.17) is 4.42 Å². The Balaban J connectivity index is 0.00000225. The van der Waals surface area contributed by atoms with Gasteiger partial charge in [0.1, 0.15) is 5.76 Å². The second-order valence-corrected chi connectivity index (χ2v) is 5.11. The second kappa shape index (κ2) is 7.67. The van der Waals surface area contributed by atoms with Gasteiger partial charge in [-0.2, -0.15) is 0 Å². The van der Waals surface area contributed by atoms with Gasteiger partial charge in [-0.1, -0.05) is 0 Å². The fourth-order valence-electron chi connectivity index (χ4n) is 1.10. The van der Waals surface area contributed by atoms with E-state index in [9.17, 15) is 8.42 Å².